The predicted molar refractivity (Wildman–Crippen MR) is 122 cm³/mol. The van der Waals surface area contributed by atoms with Crippen LogP contribution in [0.3, 0.4) is 0 Å². The number of amides is 1. The normalized spacial score (nSPS) is 14.4. The third-order valence-electron chi connectivity index (χ3n) is 4.46. The number of nitrogens with one attached hydrogen (secondary N) is 1. The molecule has 158 valence electrons. The molecule has 0 bridgehead atoms. The Balaban J connectivity index is 1.88. The number of carbonyl (C=O) groups is 1. The van der Waals surface area contributed by atoms with Gasteiger partial charge in [-0.15, -0.1) is 11.3 Å². The average Bonchev–Trinajstić information content (AvgIpc) is 3.09. The van der Waals surface area contributed by atoms with Gasteiger partial charge in [0.05, 0.1) is 14.2 Å². The van der Waals surface area contributed by atoms with Gasteiger partial charge in [-0.05, 0) is 58.3 Å². The smallest absolute Gasteiger partial charge is 0.241 e. The minimum atomic E-state index is -3.80. The fourth-order valence-corrected chi connectivity index (χ4v) is 5.55. The third-order valence-corrected chi connectivity index (χ3v) is 7.15. The van der Waals surface area contributed by atoms with Crippen molar-refractivity contribution < 1.29 is 23.7 Å². The first-order chi connectivity index (χ1) is 14.2. The molecule has 6 nitrogen and oxygen atoms in total. The van der Waals surface area contributed by atoms with Crippen LogP contribution in [0.25, 0.3) is 16.2 Å². The lowest BCUT2D eigenvalue weighted by atomic mass is 10.1. The van der Waals surface area contributed by atoms with Crippen LogP contribution in [0.5, 0.6) is 11.5 Å². The Hall–Kier alpha value is -2.31. The molecule has 9 heteroatoms. The molecule has 1 heterocycles. The topological polar surface area (TPSA) is 84.9 Å². The molecule has 0 radical (unpaired) electrons. The number of fused-ring (bicyclic) bond motifs is 1. The molecule has 2 N–H and O–H groups in total. The fourth-order valence-electron chi connectivity index (χ4n) is 3.07. The number of methoxy groups -OCH3 is 2. The second kappa shape index (κ2) is 9.23. The predicted octanol–water partition coefficient (Wildman–Crippen LogP) is 5.30. The monoisotopic (exact) mass is 465 g/mol. The maximum absolute atomic E-state index is 12.9. The zero-order valence-corrected chi connectivity index (χ0v) is 19.1. The van der Waals surface area contributed by atoms with Gasteiger partial charge in [-0.3, -0.25) is 9.36 Å². The maximum atomic E-state index is 12.9. The molecule has 0 spiro atoms. The molecule has 2 unspecified atom stereocenters. The maximum Gasteiger partial charge on any atom is 0.241 e. The van der Waals surface area contributed by atoms with Crippen LogP contribution in [0, 0.1) is 0 Å². The second-order valence-corrected chi connectivity index (χ2v) is 10.4. The molecule has 0 saturated carbocycles. The summed E-state index contributed by atoms with van der Waals surface area (Å²) in [6.45, 7) is 1.18. The van der Waals surface area contributed by atoms with Gasteiger partial charge in [0.2, 0.25) is 13.3 Å². The van der Waals surface area contributed by atoms with Gasteiger partial charge < -0.3 is 19.7 Å². The van der Waals surface area contributed by atoms with Crippen LogP contribution in [-0.4, -0.2) is 31.7 Å². The van der Waals surface area contributed by atoms with Crippen LogP contribution in [0.15, 0.2) is 48.0 Å². The Morgan fingerprint density at radius 3 is 2.47 bits per heavy atom. The van der Waals surface area contributed by atoms with Crippen molar-refractivity contribution in [3.05, 3.63) is 64.1 Å². The number of hydrogen-bond acceptors (Lipinski definition) is 5. The largest absolute Gasteiger partial charge is 0.497 e. The van der Waals surface area contributed by atoms with Gasteiger partial charge in [-0.1, -0.05) is 11.6 Å². The van der Waals surface area contributed by atoms with Gasteiger partial charge in [0, 0.05) is 28.7 Å². The lowest BCUT2D eigenvalue weighted by molar-refractivity contribution is -0.120. The second-order valence-electron chi connectivity index (χ2n) is 6.67. The van der Waals surface area contributed by atoms with E-state index in [2.05, 4.69) is 5.32 Å². The van der Waals surface area contributed by atoms with Gasteiger partial charge in [-0.2, -0.15) is 0 Å². The molecule has 0 aliphatic carbocycles. The summed E-state index contributed by atoms with van der Waals surface area (Å²) in [5, 5.41) is 5.55. The van der Waals surface area contributed by atoms with Gasteiger partial charge in [0.25, 0.3) is 0 Å². The van der Waals surface area contributed by atoms with Crippen molar-refractivity contribution in [3.63, 3.8) is 0 Å². The molecule has 0 fully saturated rings. The summed E-state index contributed by atoms with van der Waals surface area (Å²) < 4.78 is 23.9. The van der Waals surface area contributed by atoms with Crippen molar-refractivity contribution in [1.82, 2.24) is 5.32 Å². The highest BCUT2D eigenvalue weighted by Crippen LogP contribution is 2.54. The number of benzene rings is 2. The van der Waals surface area contributed by atoms with E-state index >= 15 is 0 Å². The Bertz CT molecular complexity index is 1130. The van der Waals surface area contributed by atoms with Crippen LogP contribution in [0.2, 0.25) is 5.02 Å². The molecular weight excluding hydrogens is 445 g/mol. The lowest BCUT2D eigenvalue weighted by Crippen LogP contribution is -2.25. The number of rotatable bonds is 7. The number of carbonyl (C=O) groups excluding carboxylic acids is 1. The molecule has 1 aromatic heterocycles. The fraction of sp³-hybridized carbons (Fsp3) is 0.190. The first kappa shape index (κ1) is 22.4. The Morgan fingerprint density at radius 1 is 1.20 bits per heavy atom. The molecule has 1 amide bonds. The van der Waals surface area contributed by atoms with Crippen LogP contribution >= 0.6 is 30.3 Å². The van der Waals surface area contributed by atoms with Crippen LogP contribution in [-0.2, 0) is 9.36 Å². The van der Waals surface area contributed by atoms with E-state index in [-0.39, 0.29) is 0 Å². The van der Waals surface area contributed by atoms with E-state index in [0.29, 0.717) is 27.5 Å². The molecule has 0 saturated heterocycles. The Morgan fingerprint density at radius 2 is 1.87 bits per heavy atom. The summed E-state index contributed by atoms with van der Waals surface area (Å²) in [5.74, 6) is 0.635. The van der Waals surface area contributed by atoms with Gasteiger partial charge in [0.1, 0.15) is 17.2 Å². The van der Waals surface area contributed by atoms with Crippen molar-refractivity contribution in [1.29, 1.82) is 0 Å². The third kappa shape index (κ3) is 5.05. The van der Waals surface area contributed by atoms with Crippen molar-refractivity contribution in [2.24, 2.45) is 0 Å². The van der Waals surface area contributed by atoms with Crippen molar-refractivity contribution >= 4 is 52.4 Å². The van der Waals surface area contributed by atoms with Crippen LogP contribution in [0.1, 0.15) is 16.8 Å². The zero-order chi connectivity index (χ0) is 21.9. The molecule has 3 rings (SSSR count). The molecule has 2 atom stereocenters. The summed E-state index contributed by atoms with van der Waals surface area (Å²) in [5.41, 5.74) is 0.00786. The van der Waals surface area contributed by atoms with E-state index in [0.717, 1.165) is 10.3 Å². The molecule has 30 heavy (non-hydrogen) atoms. The summed E-state index contributed by atoms with van der Waals surface area (Å²) in [4.78, 5) is 23.2. The standard InChI is InChI=1S/C21H21ClNO5PS/c1-27-15-8-13(9-16(11-15)28-2)6-7-23-21(24)20(29(3,25)26)18-12-30-19-5-4-14(22)10-17(18)19/h4-12,20H,1-3H3,(H,23,24)(H,25,26)/b7-6+. The molecule has 2 aromatic carbocycles. The quantitative estimate of drug-likeness (QED) is 0.462. The first-order valence-corrected chi connectivity index (χ1v) is 12.3. The van der Waals surface area contributed by atoms with E-state index in [1.807, 2.05) is 6.07 Å². The minimum absolute atomic E-state index is 0.486. The molecule has 3 aromatic rings. The van der Waals surface area contributed by atoms with E-state index < -0.39 is 18.9 Å². The average molecular weight is 466 g/mol. The number of ether oxygens (including phenoxy) is 2. The van der Waals surface area contributed by atoms with Gasteiger partial charge in [-0.25, -0.2) is 0 Å². The van der Waals surface area contributed by atoms with E-state index in [1.165, 1.54) is 24.2 Å². The van der Waals surface area contributed by atoms with Gasteiger partial charge >= 0.3 is 0 Å². The summed E-state index contributed by atoms with van der Waals surface area (Å²) in [6, 6.07) is 10.6. The summed E-state index contributed by atoms with van der Waals surface area (Å²) in [6.07, 6.45) is 3.08. The van der Waals surface area contributed by atoms with Crippen molar-refractivity contribution in [2.45, 2.75) is 5.66 Å². The van der Waals surface area contributed by atoms with E-state index in [1.54, 1.807) is 56.0 Å². The highest BCUT2D eigenvalue weighted by atomic mass is 35.5. The number of thiophene rings is 1. The summed E-state index contributed by atoms with van der Waals surface area (Å²) >= 11 is 7.48. The Kier molecular flexibility index (Phi) is 6.88. The van der Waals surface area contributed by atoms with E-state index in [4.69, 9.17) is 21.1 Å². The van der Waals surface area contributed by atoms with Crippen LogP contribution < -0.4 is 14.8 Å². The first-order valence-electron chi connectivity index (χ1n) is 8.89. The zero-order valence-electron chi connectivity index (χ0n) is 16.6. The molecular formula is C21H21ClNO5PS. The van der Waals surface area contributed by atoms with Crippen molar-refractivity contribution in [3.8, 4) is 11.5 Å². The lowest BCUT2D eigenvalue weighted by Gasteiger charge is -2.18. The highest BCUT2D eigenvalue weighted by Gasteiger charge is 2.36. The number of hydrogen-bond donors (Lipinski definition) is 2. The summed E-state index contributed by atoms with van der Waals surface area (Å²) in [7, 11) is -0.705. The molecule has 0 aliphatic rings. The van der Waals surface area contributed by atoms with Crippen LogP contribution in [0.4, 0.5) is 0 Å². The minimum Gasteiger partial charge on any atom is -0.497 e. The highest BCUT2D eigenvalue weighted by molar-refractivity contribution is 7.58. The number of halogens is 1. The van der Waals surface area contributed by atoms with Gasteiger partial charge in [0.15, 0.2) is 0 Å². The van der Waals surface area contributed by atoms with E-state index in [9.17, 15) is 14.3 Å². The van der Waals surface area contributed by atoms with Crippen molar-refractivity contribution in [2.75, 3.05) is 20.9 Å². The molecule has 0 aliphatic heterocycles. The SMILES string of the molecule is COc1cc(/C=C/NC(=O)C(c2csc3ccc(Cl)cc23)P(C)(=O)O)cc(OC)c1. The Labute approximate surface area is 183 Å².